The molecule has 128 valence electrons. The Morgan fingerprint density at radius 2 is 0.684 bits per heavy atom. The second-order valence-corrected chi connectivity index (χ2v) is 5.82. The average molecular weight is 366 g/mol. The second kappa shape index (κ2) is 13.2. The molecule has 0 spiro atoms. The van der Waals surface area contributed by atoms with E-state index < -0.39 is 23.5 Å². The first kappa shape index (κ1) is 42.7. The molecule has 19 heteroatoms. The maximum Gasteiger partial charge on any atom is 0.490 e. The molecule has 16 nitrogen and oxygen atoms in total. The summed E-state index contributed by atoms with van der Waals surface area (Å²) in [4.78, 5) is 40.2. The lowest BCUT2D eigenvalue weighted by atomic mass is 15.7. The van der Waals surface area contributed by atoms with Crippen LogP contribution in [0.1, 0.15) is 0 Å². The van der Waals surface area contributed by atoms with Crippen molar-refractivity contribution >= 4 is 23.5 Å². The maximum absolute atomic E-state index is 10.4. The van der Waals surface area contributed by atoms with E-state index in [0.717, 1.165) is 0 Å². The molecule has 0 heterocycles. The van der Waals surface area contributed by atoms with E-state index in [1.54, 1.807) is 0 Å². The normalized spacial score (nSPS) is 9.95. The molecule has 0 aliphatic carbocycles. The van der Waals surface area contributed by atoms with Gasteiger partial charge in [0, 0.05) is 0 Å². The van der Waals surface area contributed by atoms with Crippen LogP contribution in [0.2, 0.25) is 0 Å². The van der Waals surface area contributed by atoms with Gasteiger partial charge in [0.2, 0.25) is 0 Å². The maximum atomic E-state index is 10.4. The number of hydrogen-bond acceptors (Lipinski definition) is 5. The zero-order valence-electron chi connectivity index (χ0n) is 8.62. The van der Waals surface area contributed by atoms with Crippen LogP contribution in [0.5, 0.6) is 0 Å². The summed E-state index contributed by atoms with van der Waals surface area (Å²) in [7, 11) is -16.2. The molecule has 0 fully saturated rings. The molecule has 0 aromatic rings. The molecular weight excluding hydrogens is 349 g/mol. The first-order valence-electron chi connectivity index (χ1n) is 2.28. The molecule has 0 radical (unpaired) electrons. The summed E-state index contributed by atoms with van der Waals surface area (Å²) in [5.74, 6) is 0. The van der Waals surface area contributed by atoms with Crippen LogP contribution >= 0.6 is 23.5 Å². The summed E-state index contributed by atoms with van der Waals surface area (Å²) in [5, 5.41) is 0. The highest BCUT2D eigenvalue weighted by Gasteiger charge is 2.38. The van der Waals surface area contributed by atoms with E-state index in [9.17, 15) is 13.7 Å². The largest absolute Gasteiger partial charge is 0.490 e. The zero-order chi connectivity index (χ0) is 10.9. The molecule has 17 N–H and O–H groups in total. The van der Waals surface area contributed by atoms with E-state index in [0.29, 0.717) is 0 Å². The van der Waals surface area contributed by atoms with Gasteiger partial charge in [0.05, 0.1) is 0 Å². The van der Waals surface area contributed by atoms with Gasteiger partial charge in [-0.15, -0.1) is 0 Å². The van der Waals surface area contributed by atoms with Gasteiger partial charge >= 0.3 is 23.5 Å². The van der Waals surface area contributed by atoms with Crippen molar-refractivity contribution in [2.45, 2.75) is 0 Å². The minimum Gasteiger partial charge on any atom is -0.412 e. The van der Waals surface area contributed by atoms with Crippen molar-refractivity contribution in [2.24, 2.45) is 0 Å². The fourth-order valence-corrected chi connectivity index (χ4v) is 2.82. The molecule has 0 saturated carbocycles. The molecule has 0 saturated heterocycles. The lowest BCUT2D eigenvalue weighted by molar-refractivity contribution is 0.204. The quantitative estimate of drug-likeness (QED) is 0.293. The molecule has 0 bridgehead atoms. The number of rotatable bonds is 4. The van der Waals surface area contributed by atoms with E-state index in [4.69, 9.17) is 24.5 Å². The smallest absolute Gasteiger partial charge is 0.412 e. The van der Waals surface area contributed by atoms with Crippen LogP contribution in [0, 0.1) is 0 Å². The van der Waals surface area contributed by atoms with Crippen molar-refractivity contribution in [1.82, 2.24) is 0 Å². The number of phosphoric acid groups is 3. The fraction of sp³-hybridized carbons (Fsp3) is 0. The van der Waals surface area contributed by atoms with Crippen molar-refractivity contribution < 1.29 is 79.6 Å². The molecule has 19 heavy (non-hydrogen) atoms. The molecule has 0 aromatic carbocycles. The molecule has 0 aliphatic heterocycles. The Morgan fingerprint density at radius 3 is 0.789 bits per heavy atom. The van der Waals surface area contributed by atoms with Crippen molar-refractivity contribution in [3.05, 3.63) is 0 Å². The van der Waals surface area contributed by atoms with Crippen LogP contribution in [-0.2, 0) is 22.3 Å². The van der Waals surface area contributed by atoms with Crippen LogP contribution in [0.15, 0.2) is 0 Å². The van der Waals surface area contributed by atoms with Crippen molar-refractivity contribution in [1.29, 1.82) is 0 Å². The Morgan fingerprint density at radius 1 is 0.526 bits per heavy atom. The monoisotopic (exact) mass is 366 g/mol. The Hall–Kier alpha value is 0.170. The average Bonchev–Trinajstić information content (AvgIpc) is 1.43. The molecule has 0 aromatic heterocycles. The Kier molecular flexibility index (Phi) is 29.6. The Balaban J connectivity index is -0.0000000480. The summed E-state index contributed by atoms with van der Waals surface area (Å²) in [6.45, 7) is 0. The van der Waals surface area contributed by atoms with E-state index >= 15 is 0 Å². The van der Waals surface area contributed by atoms with E-state index in [-0.39, 0.29) is 32.9 Å². The molecule has 0 rings (SSSR count). The predicted molar refractivity (Wildman–Crippen MR) is 57.8 cm³/mol. The van der Waals surface area contributed by atoms with E-state index in [2.05, 4.69) is 8.62 Å². The Bertz CT molecular complexity index is 274. The lowest BCUT2D eigenvalue weighted by Gasteiger charge is -2.11. The van der Waals surface area contributed by atoms with Gasteiger partial charge in [-0.2, -0.15) is 8.62 Å². The second-order valence-electron chi connectivity index (χ2n) is 1.61. The van der Waals surface area contributed by atoms with Gasteiger partial charge in [-0.3, -0.25) is 0 Å². The van der Waals surface area contributed by atoms with Gasteiger partial charge in [-0.1, -0.05) is 0 Å². The predicted octanol–water partition coefficient (Wildman–Crippen LogP) is -5.64. The lowest BCUT2D eigenvalue weighted by Crippen LogP contribution is -1.91. The van der Waals surface area contributed by atoms with Gasteiger partial charge in [0.15, 0.2) is 0 Å². The molecule has 0 amide bonds. The third-order valence-electron chi connectivity index (χ3n) is 0.419. The van der Waals surface area contributed by atoms with Crippen LogP contribution in [-0.4, -0.2) is 57.3 Å². The summed E-state index contributed by atoms with van der Waals surface area (Å²) in [6, 6.07) is 0. The van der Waals surface area contributed by atoms with Crippen molar-refractivity contribution in [3.8, 4) is 0 Å². The summed E-state index contributed by atoms with van der Waals surface area (Å²) in [5.41, 5.74) is 0. The third kappa shape index (κ3) is 32.1. The van der Waals surface area contributed by atoms with Crippen LogP contribution < -0.4 is 0 Å². The third-order valence-corrected chi connectivity index (χ3v) is 3.77. The zero-order valence-corrected chi connectivity index (χ0v) is 11.3. The summed E-state index contributed by atoms with van der Waals surface area (Å²) >= 11 is 0. The topological polar surface area (TPSA) is 360 Å². The van der Waals surface area contributed by atoms with E-state index in [1.807, 2.05) is 0 Å². The first-order valence-corrected chi connectivity index (χ1v) is 6.83. The minimum absolute atomic E-state index is 0. The van der Waals surface area contributed by atoms with Crippen LogP contribution in [0.25, 0.3) is 0 Å². The van der Waals surface area contributed by atoms with Crippen molar-refractivity contribution in [2.75, 3.05) is 0 Å². The first-order chi connectivity index (χ1) is 5.41. The molecule has 0 atom stereocenters. The van der Waals surface area contributed by atoms with Gasteiger partial charge < -0.3 is 57.3 Å². The molecule has 0 aliphatic rings. The van der Waals surface area contributed by atoms with Crippen LogP contribution in [0.3, 0.4) is 0 Å². The summed E-state index contributed by atoms with van der Waals surface area (Å²) < 4.78 is 36.4. The van der Waals surface area contributed by atoms with Gasteiger partial charge in [-0.05, 0) is 0 Å². The van der Waals surface area contributed by atoms with Gasteiger partial charge in [-0.25, -0.2) is 13.7 Å². The highest BCUT2D eigenvalue weighted by molar-refractivity contribution is 7.66. The highest BCUT2D eigenvalue weighted by atomic mass is 31.3. The molecule has 0 unspecified atom stereocenters. The molecular formula is H17O16P3. The van der Waals surface area contributed by atoms with Crippen LogP contribution in [0.4, 0.5) is 0 Å². The van der Waals surface area contributed by atoms with Gasteiger partial charge in [0.25, 0.3) is 0 Å². The van der Waals surface area contributed by atoms with E-state index in [1.165, 1.54) is 0 Å². The summed E-state index contributed by atoms with van der Waals surface area (Å²) in [6.07, 6.45) is 0. The standard InChI is InChI=1S/H5O10P3.6H2O/c1-11(2,3)9-13(7,8)10-12(4,5)6;;;;;;/h(H,7,8)(H2,1,2,3)(H2,4,5,6);6*1H2. The number of hydrogen-bond donors (Lipinski definition) is 5. The highest BCUT2D eigenvalue weighted by Crippen LogP contribution is 2.64. The Labute approximate surface area is 104 Å². The van der Waals surface area contributed by atoms with Crippen molar-refractivity contribution in [3.63, 3.8) is 0 Å². The minimum atomic E-state index is -5.46. The van der Waals surface area contributed by atoms with Gasteiger partial charge in [0.1, 0.15) is 0 Å². The SMILES string of the molecule is O.O.O.O.O.O.O=P(O)(O)OP(=O)(O)OP(=O)(O)O. The fourth-order valence-electron chi connectivity index (χ4n) is 0.284.